The summed E-state index contributed by atoms with van der Waals surface area (Å²) in [6, 6.07) is 1.66. The van der Waals surface area contributed by atoms with Crippen LogP contribution < -0.4 is 16.6 Å². The number of nitrogens with one attached hydrogen (secondary N) is 2. The molecule has 0 radical (unpaired) electrons. The summed E-state index contributed by atoms with van der Waals surface area (Å²) in [5, 5.41) is 4.35. The zero-order valence-corrected chi connectivity index (χ0v) is 14.2. The van der Waals surface area contributed by atoms with E-state index < -0.39 is 0 Å². The number of nitrogens with zero attached hydrogens (tertiary/aromatic N) is 1. The molecule has 4 N–H and O–H groups in total. The summed E-state index contributed by atoms with van der Waals surface area (Å²) in [6.07, 6.45) is 6.39. The van der Waals surface area contributed by atoms with E-state index in [0.717, 1.165) is 6.54 Å². The van der Waals surface area contributed by atoms with Crippen molar-refractivity contribution in [2.75, 3.05) is 17.3 Å². The van der Waals surface area contributed by atoms with Crippen molar-refractivity contribution in [1.29, 1.82) is 0 Å². The Bertz CT molecular complexity index is 485. The molecule has 0 saturated heterocycles. The minimum atomic E-state index is 0.356. The van der Waals surface area contributed by atoms with Crippen LogP contribution in [-0.2, 0) is 0 Å². The van der Waals surface area contributed by atoms with Crippen molar-refractivity contribution in [1.82, 2.24) is 4.98 Å². The number of nitrogen functional groups attached to an aromatic ring is 1. The molecule has 1 aliphatic rings. The SMILES string of the molecule is CC(C)CC1(CNc2nc(NN)c(Cl)cc2Cl)CCCC1. The maximum absolute atomic E-state index is 6.22. The zero-order chi connectivity index (χ0) is 15.5. The number of halogens is 2. The summed E-state index contributed by atoms with van der Waals surface area (Å²) in [5.41, 5.74) is 2.85. The van der Waals surface area contributed by atoms with E-state index in [1.807, 2.05) is 0 Å². The first-order chi connectivity index (χ1) is 9.96. The first-order valence-electron chi connectivity index (χ1n) is 7.52. The molecule has 0 spiro atoms. The highest BCUT2D eigenvalue weighted by Crippen LogP contribution is 2.43. The van der Waals surface area contributed by atoms with Crippen LogP contribution in [0.3, 0.4) is 0 Å². The molecule has 0 atom stereocenters. The number of pyridine rings is 1. The number of hydrazine groups is 1. The third kappa shape index (κ3) is 4.15. The van der Waals surface area contributed by atoms with E-state index in [9.17, 15) is 0 Å². The second-order valence-corrected chi connectivity index (χ2v) is 7.27. The van der Waals surface area contributed by atoms with Crippen LogP contribution in [0.25, 0.3) is 0 Å². The summed E-state index contributed by atoms with van der Waals surface area (Å²) in [6.45, 7) is 5.46. The fourth-order valence-electron chi connectivity index (χ4n) is 3.41. The lowest BCUT2D eigenvalue weighted by Crippen LogP contribution is -2.29. The number of aromatic nitrogens is 1. The minimum Gasteiger partial charge on any atom is -0.368 e. The van der Waals surface area contributed by atoms with Gasteiger partial charge in [-0.3, -0.25) is 0 Å². The first-order valence-corrected chi connectivity index (χ1v) is 8.28. The second-order valence-electron chi connectivity index (χ2n) is 6.45. The molecule has 2 rings (SSSR count). The monoisotopic (exact) mass is 330 g/mol. The third-order valence-electron chi connectivity index (χ3n) is 4.20. The van der Waals surface area contributed by atoms with Crippen LogP contribution in [0.4, 0.5) is 11.6 Å². The van der Waals surface area contributed by atoms with E-state index in [0.29, 0.717) is 33.0 Å². The van der Waals surface area contributed by atoms with Crippen molar-refractivity contribution < 1.29 is 0 Å². The smallest absolute Gasteiger partial charge is 0.161 e. The normalized spacial score (nSPS) is 17.2. The van der Waals surface area contributed by atoms with Gasteiger partial charge in [-0.25, -0.2) is 10.8 Å². The van der Waals surface area contributed by atoms with Crippen LogP contribution in [0.2, 0.25) is 10.0 Å². The van der Waals surface area contributed by atoms with Crippen LogP contribution in [0.1, 0.15) is 46.0 Å². The molecule has 21 heavy (non-hydrogen) atoms. The van der Waals surface area contributed by atoms with Gasteiger partial charge in [0.15, 0.2) is 5.82 Å². The molecule has 0 bridgehead atoms. The Kier molecular flexibility index (Phi) is 5.58. The predicted molar refractivity (Wildman–Crippen MR) is 90.9 cm³/mol. The van der Waals surface area contributed by atoms with E-state index in [1.54, 1.807) is 6.07 Å². The average Bonchev–Trinajstić information content (AvgIpc) is 2.86. The Balaban J connectivity index is 2.10. The van der Waals surface area contributed by atoms with E-state index in [-0.39, 0.29) is 0 Å². The van der Waals surface area contributed by atoms with Crippen LogP contribution in [0.15, 0.2) is 6.07 Å². The summed E-state index contributed by atoms with van der Waals surface area (Å²) in [7, 11) is 0. The van der Waals surface area contributed by atoms with Crippen molar-refractivity contribution in [3.05, 3.63) is 16.1 Å². The highest BCUT2D eigenvalue weighted by Gasteiger charge is 2.34. The largest absolute Gasteiger partial charge is 0.368 e. The van der Waals surface area contributed by atoms with E-state index in [2.05, 4.69) is 29.6 Å². The molecule has 1 saturated carbocycles. The maximum atomic E-state index is 6.22. The fourth-order valence-corrected chi connectivity index (χ4v) is 3.89. The highest BCUT2D eigenvalue weighted by atomic mass is 35.5. The first kappa shape index (κ1) is 16.7. The molecule has 0 amide bonds. The van der Waals surface area contributed by atoms with Gasteiger partial charge in [0.2, 0.25) is 0 Å². The van der Waals surface area contributed by atoms with Gasteiger partial charge in [-0.2, -0.15) is 0 Å². The van der Waals surface area contributed by atoms with E-state index in [1.165, 1.54) is 32.1 Å². The predicted octanol–water partition coefficient (Wildman–Crippen LogP) is 4.69. The zero-order valence-electron chi connectivity index (χ0n) is 12.7. The Morgan fingerprint density at radius 3 is 2.43 bits per heavy atom. The van der Waals surface area contributed by atoms with E-state index >= 15 is 0 Å². The molecule has 118 valence electrons. The molecule has 4 nitrogen and oxygen atoms in total. The van der Waals surface area contributed by atoms with Crippen molar-refractivity contribution in [3.8, 4) is 0 Å². The van der Waals surface area contributed by atoms with Crippen LogP contribution >= 0.6 is 23.2 Å². The van der Waals surface area contributed by atoms with Gasteiger partial charge in [0.05, 0.1) is 10.0 Å². The van der Waals surface area contributed by atoms with Crippen LogP contribution in [0, 0.1) is 11.3 Å². The fraction of sp³-hybridized carbons (Fsp3) is 0.667. The van der Waals surface area contributed by atoms with Gasteiger partial charge in [-0.1, -0.05) is 49.9 Å². The van der Waals surface area contributed by atoms with Crippen molar-refractivity contribution in [3.63, 3.8) is 0 Å². The number of nitrogens with two attached hydrogens (primary N) is 1. The van der Waals surface area contributed by atoms with Crippen LogP contribution in [0.5, 0.6) is 0 Å². The lowest BCUT2D eigenvalue weighted by atomic mass is 9.78. The lowest BCUT2D eigenvalue weighted by molar-refractivity contribution is 0.252. The average molecular weight is 331 g/mol. The maximum Gasteiger partial charge on any atom is 0.161 e. The lowest BCUT2D eigenvalue weighted by Gasteiger charge is -2.31. The molecule has 1 aromatic heterocycles. The van der Waals surface area contributed by atoms with Gasteiger partial charge >= 0.3 is 0 Å². The molecule has 0 aliphatic heterocycles. The molecule has 0 aromatic carbocycles. The summed E-state index contributed by atoms with van der Waals surface area (Å²) in [5.74, 6) is 7.19. The van der Waals surface area contributed by atoms with Gasteiger partial charge < -0.3 is 10.7 Å². The number of rotatable bonds is 6. The van der Waals surface area contributed by atoms with Gasteiger partial charge in [0.25, 0.3) is 0 Å². The minimum absolute atomic E-state index is 0.356. The van der Waals surface area contributed by atoms with E-state index in [4.69, 9.17) is 29.0 Å². The summed E-state index contributed by atoms with van der Waals surface area (Å²) >= 11 is 12.2. The molecular formula is C15H24Cl2N4. The molecule has 1 aromatic rings. The van der Waals surface area contributed by atoms with Crippen molar-refractivity contribution in [2.24, 2.45) is 17.2 Å². The standard InChI is InChI=1S/C15H24Cl2N4/c1-10(2)8-15(5-3-4-6-15)9-19-13-11(16)7-12(17)14(20-13)21-18/h7,10H,3-6,8-9,18H2,1-2H3,(H2,19,20,21). The Morgan fingerprint density at radius 2 is 1.86 bits per heavy atom. The van der Waals surface area contributed by atoms with Crippen LogP contribution in [-0.4, -0.2) is 11.5 Å². The van der Waals surface area contributed by atoms with Crippen molar-refractivity contribution in [2.45, 2.75) is 46.0 Å². The summed E-state index contributed by atoms with van der Waals surface area (Å²) in [4.78, 5) is 4.35. The van der Waals surface area contributed by atoms with Gasteiger partial charge in [-0.05, 0) is 36.7 Å². The number of anilines is 2. The highest BCUT2D eigenvalue weighted by molar-refractivity contribution is 6.37. The van der Waals surface area contributed by atoms with Gasteiger partial charge in [0.1, 0.15) is 5.82 Å². The molecule has 6 heteroatoms. The molecule has 1 fully saturated rings. The van der Waals surface area contributed by atoms with Crippen molar-refractivity contribution >= 4 is 34.8 Å². The Morgan fingerprint density at radius 1 is 1.24 bits per heavy atom. The Labute approximate surface area is 136 Å². The molecule has 0 unspecified atom stereocenters. The second kappa shape index (κ2) is 7.03. The number of hydrogen-bond acceptors (Lipinski definition) is 4. The molecular weight excluding hydrogens is 307 g/mol. The molecule has 1 aliphatic carbocycles. The Hall–Kier alpha value is -0.710. The third-order valence-corrected chi connectivity index (χ3v) is 4.78. The topological polar surface area (TPSA) is 63.0 Å². The summed E-state index contributed by atoms with van der Waals surface area (Å²) < 4.78 is 0. The quantitative estimate of drug-likeness (QED) is 0.523. The molecule has 1 heterocycles. The van der Waals surface area contributed by atoms with Gasteiger partial charge in [-0.15, -0.1) is 0 Å². The number of hydrogen-bond donors (Lipinski definition) is 3. The van der Waals surface area contributed by atoms with Gasteiger partial charge in [0, 0.05) is 6.54 Å².